The zero-order chi connectivity index (χ0) is 11.1. The van der Waals surface area contributed by atoms with Gasteiger partial charge in [-0.2, -0.15) is 0 Å². The van der Waals surface area contributed by atoms with Gasteiger partial charge in [0, 0.05) is 0 Å². The first-order valence-corrected chi connectivity index (χ1v) is 4.63. The highest BCUT2D eigenvalue weighted by Crippen LogP contribution is 2.12. The largest absolute Gasteiger partial charge is 0.363 e. The minimum absolute atomic E-state index is 0.0112. The molecule has 0 amide bonds. The Kier molecular flexibility index (Phi) is 5.81. The molecule has 0 rings (SSSR count). The van der Waals surface area contributed by atoms with E-state index < -0.39 is 6.10 Å². The summed E-state index contributed by atoms with van der Waals surface area (Å²) in [5, 5.41) is 0. The van der Waals surface area contributed by atoms with Crippen molar-refractivity contribution >= 4 is 5.78 Å². The van der Waals surface area contributed by atoms with Crippen molar-refractivity contribution in [2.45, 2.75) is 33.0 Å². The Balaban J connectivity index is 4.78. The van der Waals surface area contributed by atoms with Gasteiger partial charge in [-0.1, -0.05) is 31.4 Å². The van der Waals surface area contributed by atoms with Gasteiger partial charge in [0.1, 0.15) is 6.10 Å². The average molecular weight is 194 g/mol. The van der Waals surface area contributed by atoms with Crippen LogP contribution in [0.15, 0.2) is 37.0 Å². The molecule has 0 radical (unpaired) electrons. The SMILES string of the molecule is C=C/C=C(\C=C)C(OC(C)C)C(C)=O. The van der Waals surface area contributed by atoms with E-state index in [4.69, 9.17) is 4.74 Å². The fourth-order valence-corrected chi connectivity index (χ4v) is 1.08. The molecule has 0 aromatic heterocycles. The molecule has 1 unspecified atom stereocenters. The van der Waals surface area contributed by atoms with Gasteiger partial charge in [-0.3, -0.25) is 4.79 Å². The van der Waals surface area contributed by atoms with Crippen LogP contribution in [0, 0.1) is 0 Å². The third-order valence-corrected chi connectivity index (χ3v) is 1.63. The van der Waals surface area contributed by atoms with Gasteiger partial charge in [-0.05, 0) is 26.3 Å². The second-order valence-corrected chi connectivity index (χ2v) is 3.28. The molecular formula is C12H18O2. The second kappa shape index (κ2) is 6.33. The molecule has 0 aromatic carbocycles. The second-order valence-electron chi connectivity index (χ2n) is 3.28. The lowest BCUT2D eigenvalue weighted by Crippen LogP contribution is -2.26. The first-order chi connectivity index (χ1) is 6.52. The molecule has 0 saturated carbocycles. The molecule has 0 N–H and O–H groups in total. The number of ketones is 1. The molecule has 78 valence electrons. The van der Waals surface area contributed by atoms with Gasteiger partial charge in [0.2, 0.25) is 0 Å². The highest BCUT2D eigenvalue weighted by Gasteiger charge is 2.18. The van der Waals surface area contributed by atoms with Crippen molar-refractivity contribution in [3.8, 4) is 0 Å². The highest BCUT2D eigenvalue weighted by atomic mass is 16.5. The minimum Gasteiger partial charge on any atom is -0.363 e. The van der Waals surface area contributed by atoms with Crippen molar-refractivity contribution < 1.29 is 9.53 Å². The first-order valence-electron chi connectivity index (χ1n) is 4.63. The number of Topliss-reactive ketones (excluding diaryl/α,β-unsaturated/α-hetero) is 1. The number of carbonyl (C=O) groups is 1. The predicted molar refractivity (Wildman–Crippen MR) is 59.2 cm³/mol. The maximum atomic E-state index is 11.3. The molecule has 14 heavy (non-hydrogen) atoms. The fraction of sp³-hybridized carbons (Fsp3) is 0.417. The average Bonchev–Trinajstić information content (AvgIpc) is 2.10. The Bertz CT molecular complexity index is 249. The molecule has 2 heteroatoms. The summed E-state index contributed by atoms with van der Waals surface area (Å²) in [5.74, 6) is -0.0216. The lowest BCUT2D eigenvalue weighted by Gasteiger charge is -2.18. The van der Waals surface area contributed by atoms with Crippen LogP contribution in [0.2, 0.25) is 0 Å². The van der Waals surface area contributed by atoms with Crippen molar-refractivity contribution in [3.63, 3.8) is 0 Å². The van der Waals surface area contributed by atoms with E-state index in [2.05, 4.69) is 13.2 Å². The number of rotatable bonds is 6. The van der Waals surface area contributed by atoms with Crippen LogP contribution in [0.3, 0.4) is 0 Å². The lowest BCUT2D eigenvalue weighted by atomic mass is 10.1. The van der Waals surface area contributed by atoms with Gasteiger partial charge >= 0.3 is 0 Å². The molecule has 2 nitrogen and oxygen atoms in total. The first kappa shape index (κ1) is 12.8. The minimum atomic E-state index is -0.523. The summed E-state index contributed by atoms with van der Waals surface area (Å²) >= 11 is 0. The summed E-state index contributed by atoms with van der Waals surface area (Å²) in [5.41, 5.74) is 0.751. The summed E-state index contributed by atoms with van der Waals surface area (Å²) in [4.78, 5) is 11.3. The number of hydrogen-bond donors (Lipinski definition) is 0. The van der Waals surface area contributed by atoms with Gasteiger partial charge in [-0.15, -0.1) is 0 Å². The standard InChI is InChI=1S/C12H18O2/c1-6-8-11(7-2)12(10(5)13)14-9(3)4/h6-9,12H,1-2H2,3-5H3/b11-8+. The topological polar surface area (TPSA) is 26.3 Å². The van der Waals surface area contributed by atoms with Gasteiger partial charge in [0.15, 0.2) is 5.78 Å². The quantitative estimate of drug-likeness (QED) is 0.608. The number of carbonyl (C=O) groups excluding carboxylic acids is 1. The van der Waals surface area contributed by atoms with E-state index in [1.807, 2.05) is 13.8 Å². The van der Waals surface area contributed by atoms with E-state index >= 15 is 0 Å². The van der Waals surface area contributed by atoms with Crippen LogP contribution >= 0.6 is 0 Å². The molecule has 0 spiro atoms. The number of ether oxygens (including phenoxy) is 1. The molecule has 0 fully saturated rings. The summed E-state index contributed by atoms with van der Waals surface area (Å²) in [6.07, 6.45) is 4.47. The van der Waals surface area contributed by atoms with E-state index in [0.717, 1.165) is 5.57 Å². The fourth-order valence-electron chi connectivity index (χ4n) is 1.08. The van der Waals surface area contributed by atoms with Gasteiger partial charge in [0.25, 0.3) is 0 Å². The summed E-state index contributed by atoms with van der Waals surface area (Å²) < 4.78 is 5.48. The Morgan fingerprint density at radius 2 is 1.93 bits per heavy atom. The Morgan fingerprint density at radius 3 is 2.21 bits per heavy atom. The van der Waals surface area contributed by atoms with Crippen LogP contribution in [0.5, 0.6) is 0 Å². The summed E-state index contributed by atoms with van der Waals surface area (Å²) in [7, 11) is 0. The molecule has 0 aliphatic carbocycles. The van der Waals surface area contributed by atoms with Crippen molar-refractivity contribution in [2.75, 3.05) is 0 Å². The maximum Gasteiger partial charge on any atom is 0.163 e. The van der Waals surface area contributed by atoms with Crippen LogP contribution < -0.4 is 0 Å². The molecule has 0 aliphatic heterocycles. The maximum absolute atomic E-state index is 11.3. The Hall–Kier alpha value is -1.15. The van der Waals surface area contributed by atoms with Crippen molar-refractivity contribution in [1.29, 1.82) is 0 Å². The number of hydrogen-bond acceptors (Lipinski definition) is 2. The highest BCUT2D eigenvalue weighted by molar-refractivity contribution is 5.84. The van der Waals surface area contributed by atoms with Crippen LogP contribution in [0.25, 0.3) is 0 Å². The van der Waals surface area contributed by atoms with Crippen LogP contribution in [0.1, 0.15) is 20.8 Å². The van der Waals surface area contributed by atoms with Crippen molar-refractivity contribution in [1.82, 2.24) is 0 Å². The van der Waals surface area contributed by atoms with E-state index in [-0.39, 0.29) is 11.9 Å². The third kappa shape index (κ3) is 4.19. The van der Waals surface area contributed by atoms with Crippen LogP contribution in [0.4, 0.5) is 0 Å². The molecule has 0 aliphatic rings. The Morgan fingerprint density at radius 1 is 1.36 bits per heavy atom. The Labute approximate surface area is 86.0 Å². The van der Waals surface area contributed by atoms with Crippen molar-refractivity contribution in [3.05, 3.63) is 37.0 Å². The number of allylic oxidation sites excluding steroid dienone is 2. The van der Waals surface area contributed by atoms with Gasteiger partial charge in [0.05, 0.1) is 6.10 Å². The lowest BCUT2D eigenvalue weighted by molar-refractivity contribution is -0.128. The van der Waals surface area contributed by atoms with E-state index in [1.54, 1.807) is 18.2 Å². The van der Waals surface area contributed by atoms with Crippen LogP contribution in [-0.4, -0.2) is 18.0 Å². The molecule has 0 aromatic rings. The van der Waals surface area contributed by atoms with Crippen molar-refractivity contribution in [2.24, 2.45) is 0 Å². The normalized spacial score (nSPS) is 13.9. The molecule has 0 saturated heterocycles. The molecule has 1 atom stereocenters. The summed E-state index contributed by atoms with van der Waals surface area (Å²) in [6, 6.07) is 0. The van der Waals surface area contributed by atoms with Gasteiger partial charge < -0.3 is 4.74 Å². The third-order valence-electron chi connectivity index (χ3n) is 1.63. The predicted octanol–water partition coefficient (Wildman–Crippen LogP) is 2.67. The van der Waals surface area contributed by atoms with Crippen LogP contribution in [-0.2, 0) is 9.53 Å². The zero-order valence-corrected chi connectivity index (χ0v) is 9.12. The summed E-state index contributed by atoms with van der Waals surface area (Å²) in [6.45, 7) is 12.5. The monoisotopic (exact) mass is 194 g/mol. The smallest absolute Gasteiger partial charge is 0.163 e. The molecule has 0 bridgehead atoms. The van der Waals surface area contributed by atoms with E-state index in [0.29, 0.717) is 0 Å². The zero-order valence-electron chi connectivity index (χ0n) is 9.12. The van der Waals surface area contributed by atoms with E-state index in [9.17, 15) is 4.79 Å². The molecular weight excluding hydrogens is 176 g/mol. The van der Waals surface area contributed by atoms with Gasteiger partial charge in [-0.25, -0.2) is 0 Å². The molecule has 0 heterocycles. The van der Waals surface area contributed by atoms with E-state index in [1.165, 1.54) is 6.92 Å².